The van der Waals surface area contributed by atoms with Gasteiger partial charge in [-0.1, -0.05) is 23.3 Å². The van der Waals surface area contributed by atoms with Crippen molar-refractivity contribution in [3.63, 3.8) is 0 Å². The van der Waals surface area contributed by atoms with E-state index in [1.54, 1.807) is 0 Å². The summed E-state index contributed by atoms with van der Waals surface area (Å²) < 4.78 is 55.4. The van der Waals surface area contributed by atoms with Crippen LogP contribution in [-0.4, -0.2) is 46.0 Å². The normalized spacial score (nSPS) is 15.7. The van der Waals surface area contributed by atoms with Gasteiger partial charge in [0.05, 0.1) is 10.5 Å². The van der Waals surface area contributed by atoms with E-state index in [0.29, 0.717) is 19.0 Å². The number of benzene rings is 2. The first-order valence-electron chi connectivity index (χ1n) is 9.68. The second-order valence-electron chi connectivity index (χ2n) is 7.22. The number of hydrogen-bond donors (Lipinski definition) is 1. The minimum absolute atomic E-state index is 0.0380. The predicted molar refractivity (Wildman–Crippen MR) is 110 cm³/mol. The molecule has 0 spiro atoms. The fraction of sp³-hybridized carbons (Fsp3) is 0.400. The van der Waals surface area contributed by atoms with E-state index in [-0.39, 0.29) is 22.6 Å². The number of azide groups is 1. The monoisotopic (exact) mass is 435 g/mol. The van der Waals surface area contributed by atoms with Gasteiger partial charge in [0.2, 0.25) is 10.0 Å². The van der Waals surface area contributed by atoms with Gasteiger partial charge in [0.1, 0.15) is 11.6 Å². The zero-order valence-corrected chi connectivity index (χ0v) is 17.2. The van der Waals surface area contributed by atoms with Gasteiger partial charge in [-0.25, -0.2) is 21.9 Å². The highest BCUT2D eigenvalue weighted by atomic mass is 32.2. The van der Waals surface area contributed by atoms with Crippen LogP contribution in [-0.2, 0) is 10.0 Å². The van der Waals surface area contributed by atoms with Gasteiger partial charge in [-0.2, -0.15) is 0 Å². The lowest BCUT2D eigenvalue weighted by molar-refractivity contribution is 0.190. The summed E-state index contributed by atoms with van der Waals surface area (Å²) >= 11 is 0. The van der Waals surface area contributed by atoms with Gasteiger partial charge < -0.3 is 4.90 Å². The number of likely N-dealkylation sites (tertiary alicyclic amines) is 1. The molecule has 7 nitrogen and oxygen atoms in total. The molecular formula is C20H23F2N5O2S. The Balaban J connectivity index is 1.54. The van der Waals surface area contributed by atoms with Crippen LogP contribution in [0.1, 0.15) is 12.8 Å². The van der Waals surface area contributed by atoms with Crippen molar-refractivity contribution in [2.24, 2.45) is 11.0 Å². The molecule has 1 N–H and O–H groups in total. The summed E-state index contributed by atoms with van der Waals surface area (Å²) in [7, 11) is -3.72. The lowest BCUT2D eigenvalue weighted by atomic mass is 9.97. The average molecular weight is 436 g/mol. The van der Waals surface area contributed by atoms with E-state index in [1.165, 1.54) is 30.3 Å². The van der Waals surface area contributed by atoms with Gasteiger partial charge in [0, 0.05) is 24.5 Å². The fourth-order valence-corrected chi connectivity index (χ4v) is 4.56. The molecule has 0 saturated carbocycles. The number of hydrogen-bond acceptors (Lipinski definition) is 4. The van der Waals surface area contributed by atoms with Gasteiger partial charge in [-0.15, -0.1) is 0 Å². The summed E-state index contributed by atoms with van der Waals surface area (Å²) in [6.45, 7) is 3.00. The molecule has 0 bridgehead atoms. The standard InChI is InChI=1S/C20H23F2N5O2S/c21-18-2-1-3-19(22)20(18)16-4-6-17(7-5-16)30(28,29)25-10-13-27-11-8-15(9-12-27)14-24-26-23/h1-7,15,25H,8-14H2. The van der Waals surface area contributed by atoms with Crippen molar-refractivity contribution in [3.8, 4) is 11.1 Å². The third kappa shape index (κ3) is 5.54. The van der Waals surface area contributed by atoms with E-state index in [1.807, 2.05) is 0 Å². The van der Waals surface area contributed by atoms with Crippen LogP contribution in [0.4, 0.5) is 8.78 Å². The zero-order chi connectivity index (χ0) is 21.6. The molecule has 1 fully saturated rings. The number of nitrogens with zero attached hydrogens (tertiary/aromatic N) is 4. The van der Waals surface area contributed by atoms with E-state index in [2.05, 4.69) is 19.6 Å². The molecule has 1 heterocycles. The van der Waals surface area contributed by atoms with Crippen LogP contribution in [0.5, 0.6) is 0 Å². The smallest absolute Gasteiger partial charge is 0.240 e. The number of rotatable bonds is 8. The van der Waals surface area contributed by atoms with Gasteiger partial charge in [-0.3, -0.25) is 0 Å². The Morgan fingerprint density at radius 2 is 1.73 bits per heavy atom. The second kappa shape index (κ2) is 9.99. The van der Waals surface area contributed by atoms with Crippen molar-refractivity contribution < 1.29 is 17.2 Å². The Morgan fingerprint density at radius 1 is 1.10 bits per heavy atom. The van der Waals surface area contributed by atoms with Crippen molar-refractivity contribution >= 4 is 10.0 Å². The van der Waals surface area contributed by atoms with Crippen LogP contribution in [0.2, 0.25) is 0 Å². The van der Waals surface area contributed by atoms with Crippen LogP contribution in [0.25, 0.3) is 21.6 Å². The molecule has 10 heteroatoms. The molecule has 2 aromatic carbocycles. The molecular weight excluding hydrogens is 412 g/mol. The summed E-state index contributed by atoms with van der Waals surface area (Å²) in [5.41, 5.74) is 8.47. The molecule has 3 rings (SSSR count). The maximum atomic E-state index is 13.9. The molecule has 0 radical (unpaired) electrons. The van der Waals surface area contributed by atoms with Crippen LogP contribution in [0.15, 0.2) is 52.5 Å². The Morgan fingerprint density at radius 3 is 2.33 bits per heavy atom. The van der Waals surface area contributed by atoms with Gasteiger partial charge in [0.15, 0.2) is 0 Å². The third-order valence-electron chi connectivity index (χ3n) is 5.25. The highest BCUT2D eigenvalue weighted by molar-refractivity contribution is 7.89. The summed E-state index contributed by atoms with van der Waals surface area (Å²) in [4.78, 5) is 4.99. The van der Waals surface area contributed by atoms with Crippen LogP contribution in [0.3, 0.4) is 0 Å². The Hall–Kier alpha value is -2.52. The fourth-order valence-electron chi connectivity index (χ4n) is 3.54. The van der Waals surface area contributed by atoms with Crippen molar-refractivity contribution in [3.05, 3.63) is 64.5 Å². The minimum atomic E-state index is -3.72. The lowest BCUT2D eigenvalue weighted by Crippen LogP contribution is -2.40. The third-order valence-corrected chi connectivity index (χ3v) is 6.72. The van der Waals surface area contributed by atoms with Crippen LogP contribution >= 0.6 is 0 Å². The van der Waals surface area contributed by atoms with Gasteiger partial charge >= 0.3 is 0 Å². The summed E-state index contributed by atoms with van der Waals surface area (Å²) in [6.07, 6.45) is 1.83. The molecule has 2 aromatic rings. The topological polar surface area (TPSA) is 98.2 Å². The highest BCUT2D eigenvalue weighted by Crippen LogP contribution is 2.27. The largest absolute Gasteiger partial charge is 0.302 e. The van der Waals surface area contributed by atoms with Crippen molar-refractivity contribution in [1.29, 1.82) is 0 Å². The molecule has 1 aliphatic rings. The number of halogens is 2. The molecule has 0 amide bonds. The first kappa shape index (κ1) is 22.2. The number of sulfonamides is 1. The lowest BCUT2D eigenvalue weighted by Gasteiger charge is -2.31. The number of piperidine rings is 1. The van der Waals surface area contributed by atoms with Crippen molar-refractivity contribution in [2.75, 3.05) is 32.7 Å². The van der Waals surface area contributed by atoms with Crippen LogP contribution < -0.4 is 4.72 Å². The Bertz CT molecular complexity index is 996. The van der Waals surface area contributed by atoms with E-state index in [9.17, 15) is 17.2 Å². The van der Waals surface area contributed by atoms with Crippen molar-refractivity contribution in [1.82, 2.24) is 9.62 Å². The summed E-state index contributed by atoms with van der Waals surface area (Å²) in [5, 5.41) is 3.61. The molecule has 0 unspecified atom stereocenters. The Labute approximate surface area is 174 Å². The highest BCUT2D eigenvalue weighted by Gasteiger charge is 2.20. The van der Waals surface area contributed by atoms with Crippen molar-refractivity contribution in [2.45, 2.75) is 17.7 Å². The molecule has 160 valence electrons. The van der Waals surface area contributed by atoms with Crippen LogP contribution in [0, 0.1) is 17.6 Å². The van der Waals surface area contributed by atoms with E-state index in [4.69, 9.17) is 5.53 Å². The maximum absolute atomic E-state index is 13.9. The molecule has 0 atom stereocenters. The Kier molecular flexibility index (Phi) is 7.38. The first-order chi connectivity index (χ1) is 14.4. The maximum Gasteiger partial charge on any atom is 0.240 e. The molecule has 0 aliphatic carbocycles. The van der Waals surface area contributed by atoms with Gasteiger partial charge in [-0.05, 0) is 67.2 Å². The predicted octanol–water partition coefficient (Wildman–Crippen LogP) is 3.93. The quantitative estimate of drug-likeness (QED) is 0.386. The second-order valence-corrected chi connectivity index (χ2v) is 8.98. The summed E-state index contributed by atoms with van der Waals surface area (Å²) in [6, 6.07) is 9.05. The minimum Gasteiger partial charge on any atom is -0.302 e. The SMILES string of the molecule is [N-]=[N+]=NCC1CCN(CCNS(=O)(=O)c2ccc(-c3c(F)cccc3F)cc2)CC1. The van der Waals surface area contributed by atoms with E-state index < -0.39 is 21.7 Å². The summed E-state index contributed by atoms with van der Waals surface area (Å²) in [5.74, 6) is -1.02. The molecule has 1 saturated heterocycles. The first-order valence-corrected chi connectivity index (χ1v) is 11.2. The zero-order valence-electron chi connectivity index (χ0n) is 16.3. The molecule has 30 heavy (non-hydrogen) atoms. The molecule has 1 aliphatic heterocycles. The van der Waals surface area contributed by atoms with Gasteiger partial charge in [0.25, 0.3) is 0 Å². The van der Waals surface area contributed by atoms with E-state index >= 15 is 0 Å². The van der Waals surface area contributed by atoms with E-state index in [0.717, 1.165) is 38.1 Å². The number of nitrogens with one attached hydrogen (secondary N) is 1. The average Bonchev–Trinajstić information content (AvgIpc) is 2.73. The molecule has 0 aromatic heterocycles.